The van der Waals surface area contributed by atoms with Crippen LogP contribution in [0.3, 0.4) is 0 Å². The van der Waals surface area contributed by atoms with Gasteiger partial charge in [-0.05, 0) is 43.3 Å². The zero-order valence-electron chi connectivity index (χ0n) is 12.7. The first-order valence-corrected chi connectivity index (χ1v) is 7.19. The van der Waals surface area contributed by atoms with Crippen LogP contribution in [0.25, 0.3) is 10.9 Å². The number of amides is 1. The smallest absolute Gasteiger partial charge is 0.322 e. The van der Waals surface area contributed by atoms with E-state index in [2.05, 4.69) is 10.3 Å². The number of pyridine rings is 1. The fourth-order valence-corrected chi connectivity index (χ4v) is 2.37. The second-order valence-corrected chi connectivity index (χ2v) is 5.36. The second kappa shape index (κ2) is 5.96. The van der Waals surface area contributed by atoms with Crippen LogP contribution >= 0.6 is 0 Å². The molecule has 0 spiro atoms. The van der Waals surface area contributed by atoms with E-state index in [1.165, 1.54) is 12.1 Å². The van der Waals surface area contributed by atoms with E-state index in [9.17, 15) is 18.0 Å². The van der Waals surface area contributed by atoms with Crippen molar-refractivity contribution < 1.29 is 18.0 Å². The Morgan fingerprint density at radius 1 is 1.00 bits per heavy atom. The number of para-hydroxylation sites is 1. The quantitative estimate of drug-likeness (QED) is 0.732. The van der Waals surface area contributed by atoms with E-state index >= 15 is 0 Å². The molecule has 0 aliphatic carbocycles. The number of alkyl halides is 3. The Morgan fingerprint density at radius 3 is 2.38 bits per heavy atom. The Balaban J connectivity index is 1.89. The van der Waals surface area contributed by atoms with E-state index in [1.807, 2.05) is 25.1 Å². The molecule has 0 aliphatic rings. The molecule has 2 aromatic carbocycles. The van der Waals surface area contributed by atoms with Gasteiger partial charge in [-0.1, -0.05) is 18.2 Å². The normalized spacial score (nSPS) is 11.5. The summed E-state index contributed by atoms with van der Waals surface area (Å²) in [6.07, 6.45) is -4.40. The summed E-state index contributed by atoms with van der Waals surface area (Å²) in [4.78, 5) is 16.8. The number of aromatic nitrogens is 1. The summed E-state index contributed by atoms with van der Waals surface area (Å²) >= 11 is 0. The number of benzene rings is 2. The Hall–Kier alpha value is -2.89. The van der Waals surface area contributed by atoms with Gasteiger partial charge in [0.2, 0.25) is 0 Å². The molecule has 3 aromatic rings. The summed E-state index contributed by atoms with van der Waals surface area (Å²) in [7, 11) is 0. The van der Waals surface area contributed by atoms with Crippen LogP contribution in [0.4, 0.5) is 18.9 Å². The number of carbonyl (C=O) groups excluding carboxylic acids is 1. The lowest BCUT2D eigenvalue weighted by Gasteiger charge is -2.10. The predicted molar refractivity (Wildman–Crippen MR) is 85.9 cm³/mol. The second-order valence-electron chi connectivity index (χ2n) is 5.36. The lowest BCUT2D eigenvalue weighted by atomic mass is 10.1. The molecule has 3 nitrogen and oxygen atoms in total. The lowest BCUT2D eigenvalue weighted by molar-refractivity contribution is -0.137. The molecular weight excluding hydrogens is 317 g/mol. The van der Waals surface area contributed by atoms with E-state index in [1.54, 1.807) is 12.1 Å². The maximum absolute atomic E-state index is 12.6. The van der Waals surface area contributed by atoms with Crippen LogP contribution in [0.15, 0.2) is 54.6 Å². The van der Waals surface area contributed by atoms with Gasteiger partial charge in [-0.3, -0.25) is 9.78 Å². The van der Waals surface area contributed by atoms with Gasteiger partial charge in [0.05, 0.1) is 16.6 Å². The number of hydrogen-bond acceptors (Lipinski definition) is 2. The highest BCUT2D eigenvalue weighted by molar-refractivity contribution is 6.11. The van der Waals surface area contributed by atoms with Gasteiger partial charge in [0.25, 0.3) is 5.91 Å². The van der Waals surface area contributed by atoms with Crippen LogP contribution in [0.2, 0.25) is 0 Å². The Bertz CT molecular complexity index is 902. The van der Waals surface area contributed by atoms with E-state index in [0.29, 0.717) is 11.1 Å². The molecule has 1 heterocycles. The first-order valence-electron chi connectivity index (χ1n) is 7.19. The van der Waals surface area contributed by atoms with Crippen molar-refractivity contribution in [3.05, 3.63) is 71.4 Å². The van der Waals surface area contributed by atoms with E-state index in [4.69, 9.17) is 0 Å². The highest BCUT2D eigenvalue weighted by Gasteiger charge is 2.30. The zero-order chi connectivity index (χ0) is 17.3. The molecule has 3 rings (SSSR count). The van der Waals surface area contributed by atoms with Crippen molar-refractivity contribution in [1.82, 2.24) is 4.98 Å². The van der Waals surface area contributed by atoms with Gasteiger partial charge in [-0.15, -0.1) is 0 Å². The van der Waals surface area contributed by atoms with Gasteiger partial charge >= 0.3 is 6.18 Å². The number of carbonyl (C=O) groups is 1. The van der Waals surface area contributed by atoms with Crippen LogP contribution in [0.5, 0.6) is 0 Å². The van der Waals surface area contributed by atoms with Gasteiger partial charge in [0.15, 0.2) is 0 Å². The van der Waals surface area contributed by atoms with Crippen LogP contribution in [0, 0.1) is 6.92 Å². The van der Waals surface area contributed by atoms with Gasteiger partial charge in [-0.25, -0.2) is 0 Å². The standard InChI is InChI=1S/C18H13F3N2O/c1-11-5-6-12-3-2-4-15(16(12)22-11)17(24)23-14-9-7-13(8-10-14)18(19,20)21/h2-10H,1H3,(H,23,24). The minimum Gasteiger partial charge on any atom is -0.322 e. The van der Waals surface area contributed by atoms with Crippen molar-refractivity contribution in [3.63, 3.8) is 0 Å². The first-order chi connectivity index (χ1) is 11.3. The molecule has 1 amide bonds. The van der Waals surface area contributed by atoms with Crippen LogP contribution < -0.4 is 5.32 Å². The molecule has 6 heteroatoms. The molecule has 24 heavy (non-hydrogen) atoms. The maximum atomic E-state index is 12.6. The van der Waals surface area contributed by atoms with Crippen molar-refractivity contribution in [2.75, 3.05) is 5.32 Å². The summed E-state index contributed by atoms with van der Waals surface area (Å²) in [6, 6.07) is 13.2. The number of halogens is 3. The Labute approximate surface area is 136 Å². The number of aryl methyl sites for hydroxylation is 1. The average molecular weight is 330 g/mol. The third-order valence-corrected chi connectivity index (χ3v) is 3.57. The van der Waals surface area contributed by atoms with Crippen LogP contribution in [-0.2, 0) is 6.18 Å². The minimum absolute atomic E-state index is 0.289. The van der Waals surface area contributed by atoms with Crippen molar-refractivity contribution in [3.8, 4) is 0 Å². The molecule has 122 valence electrons. The Morgan fingerprint density at radius 2 is 1.71 bits per heavy atom. The third-order valence-electron chi connectivity index (χ3n) is 3.57. The Kier molecular flexibility index (Phi) is 3.97. The van der Waals surface area contributed by atoms with Crippen LogP contribution in [0.1, 0.15) is 21.6 Å². The average Bonchev–Trinajstić information content (AvgIpc) is 2.53. The fraction of sp³-hybridized carbons (Fsp3) is 0.111. The molecule has 0 unspecified atom stereocenters. The van der Waals surface area contributed by atoms with Crippen molar-refractivity contribution in [2.24, 2.45) is 0 Å². The van der Waals surface area contributed by atoms with Crippen molar-refractivity contribution in [2.45, 2.75) is 13.1 Å². The molecule has 0 saturated heterocycles. The number of fused-ring (bicyclic) bond motifs is 1. The number of nitrogens with one attached hydrogen (secondary N) is 1. The maximum Gasteiger partial charge on any atom is 0.416 e. The summed E-state index contributed by atoms with van der Waals surface area (Å²) in [5.74, 6) is -0.418. The zero-order valence-corrected chi connectivity index (χ0v) is 12.7. The third kappa shape index (κ3) is 3.22. The molecular formula is C18H13F3N2O. The molecule has 0 saturated carbocycles. The van der Waals surface area contributed by atoms with Gasteiger partial charge in [0.1, 0.15) is 0 Å². The summed E-state index contributed by atoms with van der Waals surface area (Å²) in [5.41, 5.74) is 1.23. The van der Waals surface area contributed by atoms with E-state index in [-0.39, 0.29) is 5.69 Å². The van der Waals surface area contributed by atoms with Crippen molar-refractivity contribution >= 4 is 22.5 Å². The van der Waals surface area contributed by atoms with Gasteiger partial charge < -0.3 is 5.32 Å². The predicted octanol–water partition coefficient (Wildman–Crippen LogP) is 4.81. The van der Waals surface area contributed by atoms with Gasteiger partial charge in [-0.2, -0.15) is 13.2 Å². The molecule has 0 atom stereocenters. The summed E-state index contributed by atoms with van der Waals surface area (Å²) < 4.78 is 37.7. The summed E-state index contributed by atoms with van der Waals surface area (Å²) in [6.45, 7) is 1.82. The number of nitrogens with zero attached hydrogens (tertiary/aromatic N) is 1. The minimum atomic E-state index is -4.40. The SMILES string of the molecule is Cc1ccc2cccc(C(=O)Nc3ccc(C(F)(F)F)cc3)c2n1. The van der Waals surface area contributed by atoms with Crippen molar-refractivity contribution in [1.29, 1.82) is 0 Å². The van der Waals surface area contributed by atoms with Crippen LogP contribution in [-0.4, -0.2) is 10.9 Å². The molecule has 0 fully saturated rings. The monoisotopic (exact) mass is 330 g/mol. The number of hydrogen-bond donors (Lipinski definition) is 1. The number of anilines is 1. The molecule has 0 aliphatic heterocycles. The highest BCUT2D eigenvalue weighted by Crippen LogP contribution is 2.30. The van der Waals surface area contributed by atoms with E-state index < -0.39 is 17.6 Å². The first kappa shape index (κ1) is 16.0. The fourth-order valence-electron chi connectivity index (χ4n) is 2.37. The highest BCUT2D eigenvalue weighted by atomic mass is 19.4. The molecule has 0 radical (unpaired) electrons. The van der Waals surface area contributed by atoms with Gasteiger partial charge in [0, 0.05) is 16.8 Å². The largest absolute Gasteiger partial charge is 0.416 e. The lowest BCUT2D eigenvalue weighted by Crippen LogP contribution is -2.13. The summed E-state index contributed by atoms with van der Waals surface area (Å²) in [5, 5.41) is 3.42. The number of rotatable bonds is 2. The molecule has 1 aromatic heterocycles. The topological polar surface area (TPSA) is 42.0 Å². The van der Waals surface area contributed by atoms with E-state index in [0.717, 1.165) is 23.2 Å². The molecule has 1 N–H and O–H groups in total. The molecule has 0 bridgehead atoms.